The van der Waals surface area contributed by atoms with Crippen molar-refractivity contribution in [2.24, 2.45) is 0 Å². The Bertz CT molecular complexity index is 1470. The summed E-state index contributed by atoms with van der Waals surface area (Å²) in [5, 5.41) is 3.55. The highest BCUT2D eigenvalue weighted by molar-refractivity contribution is 7.92. The number of sulfonamides is 1. The number of halogens is 2. The zero-order valence-corrected chi connectivity index (χ0v) is 26.4. The van der Waals surface area contributed by atoms with Gasteiger partial charge in [-0.3, -0.25) is 13.9 Å². The summed E-state index contributed by atoms with van der Waals surface area (Å²) in [6.45, 7) is 9.06. The maximum absolute atomic E-state index is 14.1. The van der Waals surface area contributed by atoms with Crippen LogP contribution in [-0.4, -0.2) is 44.3 Å². The molecule has 0 fully saturated rings. The van der Waals surface area contributed by atoms with Gasteiger partial charge in [0.2, 0.25) is 11.8 Å². The Morgan fingerprint density at radius 3 is 2.12 bits per heavy atom. The predicted molar refractivity (Wildman–Crippen MR) is 166 cm³/mol. The third-order valence-electron chi connectivity index (χ3n) is 6.90. The molecule has 0 saturated heterocycles. The molecule has 3 aromatic rings. The van der Waals surface area contributed by atoms with E-state index in [1.807, 2.05) is 26.8 Å². The number of amides is 2. The molecule has 10 heteroatoms. The average molecular weight is 619 g/mol. The maximum Gasteiger partial charge on any atom is 0.264 e. The number of aryl methyl sites for hydroxylation is 3. The third kappa shape index (κ3) is 8.03. The molecule has 0 heterocycles. The molecule has 41 heavy (non-hydrogen) atoms. The minimum Gasteiger partial charge on any atom is -0.354 e. The summed E-state index contributed by atoms with van der Waals surface area (Å²) >= 11 is 12.9. The fourth-order valence-corrected chi connectivity index (χ4v) is 6.40. The normalized spacial score (nSPS) is 12.1. The number of rotatable bonds is 12. The summed E-state index contributed by atoms with van der Waals surface area (Å²) in [5.41, 5.74) is 3.40. The topological polar surface area (TPSA) is 86.8 Å². The first-order valence-electron chi connectivity index (χ1n) is 13.5. The Morgan fingerprint density at radius 1 is 0.927 bits per heavy atom. The van der Waals surface area contributed by atoms with Gasteiger partial charge >= 0.3 is 0 Å². The van der Waals surface area contributed by atoms with Gasteiger partial charge in [-0.2, -0.15) is 0 Å². The Kier molecular flexibility index (Phi) is 11.2. The molecular formula is C31H37Cl2N3O4S. The fraction of sp³-hybridized carbons (Fsp3) is 0.355. The summed E-state index contributed by atoms with van der Waals surface area (Å²) in [4.78, 5) is 28.6. The molecule has 2 amide bonds. The predicted octanol–water partition coefficient (Wildman–Crippen LogP) is 6.45. The van der Waals surface area contributed by atoms with Crippen molar-refractivity contribution in [1.29, 1.82) is 0 Å². The van der Waals surface area contributed by atoms with E-state index in [1.54, 1.807) is 56.3 Å². The Labute approximate surface area is 253 Å². The van der Waals surface area contributed by atoms with Crippen LogP contribution in [-0.2, 0) is 26.2 Å². The van der Waals surface area contributed by atoms with E-state index in [0.717, 1.165) is 28.3 Å². The number of hydrogen-bond acceptors (Lipinski definition) is 4. The van der Waals surface area contributed by atoms with Crippen LogP contribution in [0.2, 0.25) is 10.0 Å². The summed E-state index contributed by atoms with van der Waals surface area (Å²) < 4.78 is 29.1. The Balaban J connectivity index is 2.07. The smallest absolute Gasteiger partial charge is 0.264 e. The molecule has 1 atom stereocenters. The van der Waals surface area contributed by atoms with Crippen LogP contribution in [0.1, 0.15) is 48.9 Å². The molecule has 220 valence electrons. The van der Waals surface area contributed by atoms with E-state index < -0.39 is 28.5 Å². The lowest BCUT2D eigenvalue weighted by atomic mass is 10.1. The van der Waals surface area contributed by atoms with Crippen molar-refractivity contribution in [1.82, 2.24) is 10.2 Å². The first-order chi connectivity index (χ1) is 19.4. The zero-order chi connectivity index (χ0) is 30.3. The van der Waals surface area contributed by atoms with Crippen molar-refractivity contribution < 1.29 is 18.0 Å². The number of carbonyl (C=O) groups is 2. The molecule has 0 bridgehead atoms. The SMILES string of the molecule is CCCCNC(=O)[C@@H](C)N(Cc1c(Cl)cccc1Cl)C(=O)CN(c1ccc(C)cc1C)S(=O)(=O)c1ccc(C)cc1. The summed E-state index contributed by atoms with van der Waals surface area (Å²) in [6.07, 6.45) is 1.69. The van der Waals surface area contributed by atoms with Gasteiger partial charge in [0.05, 0.1) is 10.6 Å². The maximum atomic E-state index is 14.1. The summed E-state index contributed by atoms with van der Waals surface area (Å²) in [5.74, 6) is -0.927. The van der Waals surface area contributed by atoms with Gasteiger partial charge in [0.15, 0.2) is 0 Å². The van der Waals surface area contributed by atoms with Crippen LogP contribution in [0.3, 0.4) is 0 Å². The molecule has 0 aliphatic carbocycles. The van der Waals surface area contributed by atoms with E-state index in [1.165, 1.54) is 17.0 Å². The first-order valence-corrected chi connectivity index (χ1v) is 15.7. The molecule has 0 aromatic heterocycles. The lowest BCUT2D eigenvalue weighted by Gasteiger charge is -2.33. The molecule has 0 saturated carbocycles. The molecule has 0 aliphatic heterocycles. The highest BCUT2D eigenvalue weighted by Crippen LogP contribution is 2.30. The monoisotopic (exact) mass is 617 g/mol. The Morgan fingerprint density at radius 2 is 1.54 bits per heavy atom. The van der Waals surface area contributed by atoms with Gasteiger partial charge in [0.1, 0.15) is 12.6 Å². The van der Waals surface area contributed by atoms with E-state index in [9.17, 15) is 18.0 Å². The van der Waals surface area contributed by atoms with Gasteiger partial charge in [-0.25, -0.2) is 8.42 Å². The van der Waals surface area contributed by atoms with Crippen molar-refractivity contribution in [3.8, 4) is 0 Å². The van der Waals surface area contributed by atoms with E-state index in [-0.39, 0.29) is 17.3 Å². The second-order valence-electron chi connectivity index (χ2n) is 10.2. The van der Waals surface area contributed by atoms with Crippen molar-refractivity contribution in [2.75, 3.05) is 17.4 Å². The highest BCUT2D eigenvalue weighted by Gasteiger charge is 2.33. The second kappa shape index (κ2) is 14.2. The number of nitrogens with one attached hydrogen (secondary N) is 1. The Hall–Kier alpha value is -3.07. The lowest BCUT2D eigenvalue weighted by molar-refractivity contribution is -0.139. The number of nitrogens with zero attached hydrogens (tertiary/aromatic N) is 2. The van der Waals surface area contributed by atoms with Crippen LogP contribution >= 0.6 is 23.2 Å². The largest absolute Gasteiger partial charge is 0.354 e. The van der Waals surface area contributed by atoms with E-state index in [4.69, 9.17) is 23.2 Å². The molecule has 3 rings (SSSR count). The number of anilines is 1. The minimum absolute atomic E-state index is 0.0573. The van der Waals surface area contributed by atoms with Gasteiger partial charge in [0, 0.05) is 28.7 Å². The lowest BCUT2D eigenvalue weighted by Crippen LogP contribution is -2.51. The molecule has 0 radical (unpaired) electrons. The van der Waals surface area contributed by atoms with E-state index in [2.05, 4.69) is 5.32 Å². The second-order valence-corrected chi connectivity index (χ2v) is 12.8. The van der Waals surface area contributed by atoms with E-state index >= 15 is 0 Å². The molecule has 0 aliphatic rings. The van der Waals surface area contributed by atoms with Crippen LogP contribution in [0.25, 0.3) is 0 Å². The van der Waals surface area contributed by atoms with Crippen LogP contribution in [0.4, 0.5) is 5.69 Å². The van der Waals surface area contributed by atoms with Crippen molar-refractivity contribution in [2.45, 2.75) is 64.9 Å². The van der Waals surface area contributed by atoms with Crippen molar-refractivity contribution >= 4 is 50.7 Å². The number of unbranched alkanes of at least 4 members (excludes halogenated alkanes) is 1. The summed E-state index contributed by atoms with van der Waals surface area (Å²) in [6, 6.07) is 15.9. The molecular weight excluding hydrogens is 581 g/mol. The van der Waals surface area contributed by atoms with Gasteiger partial charge in [-0.15, -0.1) is 0 Å². The number of hydrogen-bond donors (Lipinski definition) is 1. The first kappa shape index (κ1) is 32.4. The minimum atomic E-state index is -4.15. The van der Waals surface area contributed by atoms with Crippen LogP contribution in [0, 0.1) is 20.8 Å². The number of carbonyl (C=O) groups excluding carboxylic acids is 2. The van der Waals surface area contributed by atoms with Gasteiger partial charge in [-0.1, -0.05) is 78.0 Å². The van der Waals surface area contributed by atoms with E-state index in [0.29, 0.717) is 33.4 Å². The number of benzene rings is 3. The molecule has 7 nitrogen and oxygen atoms in total. The van der Waals surface area contributed by atoms with Gasteiger partial charge < -0.3 is 10.2 Å². The van der Waals surface area contributed by atoms with Gasteiger partial charge in [0.25, 0.3) is 10.0 Å². The van der Waals surface area contributed by atoms with Crippen molar-refractivity contribution in [3.05, 3.63) is 93.0 Å². The van der Waals surface area contributed by atoms with Crippen LogP contribution < -0.4 is 9.62 Å². The highest BCUT2D eigenvalue weighted by atomic mass is 35.5. The quantitative estimate of drug-likeness (QED) is 0.237. The molecule has 3 aromatic carbocycles. The van der Waals surface area contributed by atoms with Crippen molar-refractivity contribution in [3.63, 3.8) is 0 Å². The van der Waals surface area contributed by atoms with Crippen LogP contribution in [0.15, 0.2) is 65.6 Å². The van der Waals surface area contributed by atoms with Crippen LogP contribution in [0.5, 0.6) is 0 Å². The average Bonchev–Trinajstić information content (AvgIpc) is 2.92. The summed E-state index contributed by atoms with van der Waals surface area (Å²) in [7, 11) is -4.15. The standard InChI is InChI=1S/C31H37Cl2N3O4S/c1-6-7-17-34-31(38)24(5)35(19-26-27(32)9-8-10-28(26)33)30(37)20-36(29-16-13-22(3)18-23(29)4)41(39,40)25-14-11-21(2)12-15-25/h8-16,18,24H,6-7,17,19-20H2,1-5H3,(H,34,38)/t24-/m1/s1. The third-order valence-corrected chi connectivity index (χ3v) is 9.38. The molecule has 0 spiro atoms. The molecule has 0 unspecified atom stereocenters. The fourth-order valence-electron chi connectivity index (χ4n) is 4.41. The molecule has 1 N–H and O–H groups in total. The zero-order valence-electron chi connectivity index (χ0n) is 24.1. The van der Waals surface area contributed by atoms with Gasteiger partial charge in [-0.05, 0) is 70.0 Å².